The Labute approximate surface area is 218 Å². The molecule has 1 aliphatic heterocycles. The number of carboxylic acid groups (broad SMARTS) is 1. The van der Waals surface area contributed by atoms with Crippen molar-refractivity contribution in [1.29, 1.82) is 0 Å². The van der Waals surface area contributed by atoms with Crippen molar-refractivity contribution in [3.8, 4) is 11.5 Å². The number of aromatic hydroxyl groups is 1. The molecule has 3 aromatic rings. The fourth-order valence-corrected chi connectivity index (χ4v) is 4.96. The summed E-state index contributed by atoms with van der Waals surface area (Å²) < 4.78 is 10.9. The Bertz CT molecular complexity index is 1440. The zero-order valence-electron chi connectivity index (χ0n) is 21.4. The molecule has 1 fully saturated rings. The van der Waals surface area contributed by atoms with Crippen LogP contribution in [0, 0.1) is 13.8 Å². The molecule has 10 heteroatoms. The predicted molar refractivity (Wildman–Crippen MR) is 138 cm³/mol. The van der Waals surface area contributed by atoms with Crippen molar-refractivity contribution in [2.24, 2.45) is 0 Å². The van der Waals surface area contributed by atoms with E-state index < -0.39 is 35.5 Å². The van der Waals surface area contributed by atoms with Gasteiger partial charge in [-0.3, -0.25) is 9.59 Å². The van der Waals surface area contributed by atoms with E-state index in [0.717, 1.165) is 0 Å². The maximum atomic E-state index is 13.4. The number of hydrogen-bond donors (Lipinski definition) is 3. The van der Waals surface area contributed by atoms with Crippen LogP contribution >= 0.6 is 0 Å². The van der Waals surface area contributed by atoms with Crippen LogP contribution in [0.3, 0.4) is 0 Å². The molecule has 1 aromatic heterocycles. The quantitative estimate of drug-likeness (QED) is 0.383. The lowest BCUT2D eigenvalue weighted by Gasteiger charge is -2.27. The molecule has 0 radical (unpaired) electrons. The van der Waals surface area contributed by atoms with Crippen molar-refractivity contribution in [3.63, 3.8) is 0 Å². The number of hydrogen-bond acceptors (Lipinski definition) is 7. The van der Waals surface area contributed by atoms with Crippen molar-refractivity contribution in [1.82, 2.24) is 10.2 Å². The van der Waals surface area contributed by atoms with Crippen molar-refractivity contribution in [2.75, 3.05) is 13.7 Å². The summed E-state index contributed by atoms with van der Waals surface area (Å²) in [4.78, 5) is 52.4. The second-order valence-corrected chi connectivity index (χ2v) is 9.46. The molecule has 4 rings (SSSR count). The number of amides is 2. The number of carbonyl (C=O) groups excluding carboxylic acids is 2. The molecule has 2 aromatic carbocycles. The standard InChI is InChI=1S/C28H30N2O8/c1-15-19-10-11-23(37-3)16(2)25(19)38-28(36)20(15)14-24(32)29-21(13-17-6-8-18(31)9-7-17)26(33)30-12-4-5-22(30)27(34)35/h6-11,21-22,31H,4-5,12-14H2,1-3H3,(H,29,32)(H,34,35)/t21-,22-/m0/s1. The van der Waals surface area contributed by atoms with Gasteiger partial charge in [0.2, 0.25) is 11.8 Å². The number of carbonyl (C=O) groups is 3. The second-order valence-electron chi connectivity index (χ2n) is 9.46. The predicted octanol–water partition coefficient (Wildman–Crippen LogP) is 2.47. The van der Waals surface area contributed by atoms with Gasteiger partial charge in [0, 0.05) is 23.9 Å². The van der Waals surface area contributed by atoms with Crippen molar-refractivity contribution in [3.05, 3.63) is 69.1 Å². The number of nitrogens with zero attached hydrogens (tertiary/aromatic N) is 1. The van der Waals surface area contributed by atoms with Crippen LogP contribution in [0.25, 0.3) is 11.0 Å². The van der Waals surface area contributed by atoms with Gasteiger partial charge in [0.05, 0.1) is 19.1 Å². The number of rotatable bonds is 8. The largest absolute Gasteiger partial charge is 0.508 e. The number of phenolic OH excluding ortho intramolecular Hbond substituents is 1. The van der Waals surface area contributed by atoms with Crippen LogP contribution in [0.4, 0.5) is 0 Å². The van der Waals surface area contributed by atoms with Gasteiger partial charge >= 0.3 is 11.6 Å². The summed E-state index contributed by atoms with van der Waals surface area (Å²) in [6, 6.07) is 7.68. The molecule has 10 nitrogen and oxygen atoms in total. The molecule has 200 valence electrons. The highest BCUT2D eigenvalue weighted by atomic mass is 16.5. The number of nitrogens with one attached hydrogen (secondary N) is 1. The fourth-order valence-electron chi connectivity index (χ4n) is 4.96. The molecule has 0 unspecified atom stereocenters. The third-order valence-corrected chi connectivity index (χ3v) is 7.04. The summed E-state index contributed by atoms with van der Waals surface area (Å²) in [5, 5.41) is 22.5. The van der Waals surface area contributed by atoms with Gasteiger partial charge in [-0.15, -0.1) is 0 Å². The lowest BCUT2D eigenvalue weighted by Crippen LogP contribution is -2.53. The van der Waals surface area contributed by atoms with E-state index in [-0.39, 0.29) is 30.7 Å². The normalized spacial score (nSPS) is 15.9. The van der Waals surface area contributed by atoms with Gasteiger partial charge in [0.1, 0.15) is 29.2 Å². The van der Waals surface area contributed by atoms with E-state index in [9.17, 15) is 29.4 Å². The molecule has 0 bridgehead atoms. The number of aryl methyl sites for hydroxylation is 2. The molecule has 1 saturated heterocycles. The van der Waals surface area contributed by atoms with E-state index in [0.29, 0.717) is 46.3 Å². The van der Waals surface area contributed by atoms with Crippen LogP contribution in [0.5, 0.6) is 11.5 Å². The molecule has 1 aliphatic rings. The van der Waals surface area contributed by atoms with Gasteiger partial charge in [0.15, 0.2) is 0 Å². The summed E-state index contributed by atoms with van der Waals surface area (Å²) in [6.07, 6.45) is 0.640. The van der Waals surface area contributed by atoms with Crippen LogP contribution in [-0.4, -0.2) is 58.6 Å². The topological polar surface area (TPSA) is 146 Å². The van der Waals surface area contributed by atoms with Gasteiger partial charge in [-0.2, -0.15) is 0 Å². The van der Waals surface area contributed by atoms with Gasteiger partial charge < -0.3 is 29.6 Å². The average Bonchev–Trinajstić information content (AvgIpc) is 3.38. The Hall–Kier alpha value is -4.34. The fraction of sp³-hybridized carbons (Fsp3) is 0.357. The first-order valence-electron chi connectivity index (χ1n) is 12.3. The maximum absolute atomic E-state index is 13.4. The van der Waals surface area contributed by atoms with Gasteiger partial charge in [-0.1, -0.05) is 12.1 Å². The summed E-state index contributed by atoms with van der Waals surface area (Å²) >= 11 is 0. The van der Waals surface area contributed by atoms with E-state index in [1.165, 1.54) is 24.1 Å². The molecule has 0 spiro atoms. The minimum Gasteiger partial charge on any atom is -0.508 e. The first-order chi connectivity index (χ1) is 18.1. The third kappa shape index (κ3) is 5.34. The minimum absolute atomic E-state index is 0.0532. The SMILES string of the molecule is COc1ccc2c(C)c(CC(=O)N[C@@H](Cc3ccc(O)cc3)C(=O)N3CCC[C@H]3C(=O)O)c(=O)oc2c1C. The number of benzene rings is 2. The van der Waals surface area contributed by atoms with E-state index in [4.69, 9.17) is 9.15 Å². The molecule has 2 heterocycles. The average molecular weight is 523 g/mol. The number of methoxy groups -OCH3 is 1. The van der Waals surface area contributed by atoms with Crippen molar-refractivity contribution in [2.45, 2.75) is 51.6 Å². The number of phenols is 1. The summed E-state index contributed by atoms with van der Waals surface area (Å²) in [5.74, 6) is -1.56. The van der Waals surface area contributed by atoms with Gasteiger partial charge in [0.25, 0.3) is 0 Å². The smallest absolute Gasteiger partial charge is 0.340 e. The highest BCUT2D eigenvalue weighted by molar-refractivity contribution is 5.92. The number of ether oxygens (including phenoxy) is 1. The molecule has 0 aliphatic carbocycles. The number of carboxylic acids is 1. The molecule has 2 amide bonds. The van der Waals surface area contributed by atoms with Gasteiger partial charge in [-0.05, 0) is 62.1 Å². The lowest BCUT2D eigenvalue weighted by molar-refractivity contribution is -0.149. The van der Waals surface area contributed by atoms with Crippen LogP contribution in [-0.2, 0) is 27.2 Å². The molecular weight excluding hydrogens is 492 g/mol. The second kappa shape index (κ2) is 11.0. The Balaban J connectivity index is 1.61. The Morgan fingerprint density at radius 2 is 1.84 bits per heavy atom. The van der Waals surface area contributed by atoms with Crippen molar-refractivity contribution < 1.29 is 33.8 Å². The van der Waals surface area contributed by atoms with Crippen molar-refractivity contribution >= 4 is 28.8 Å². The number of likely N-dealkylation sites (tertiary alicyclic amines) is 1. The zero-order valence-corrected chi connectivity index (χ0v) is 21.4. The highest BCUT2D eigenvalue weighted by Crippen LogP contribution is 2.29. The summed E-state index contributed by atoms with van der Waals surface area (Å²) in [6.45, 7) is 3.78. The van der Waals surface area contributed by atoms with Crippen LogP contribution in [0.15, 0.2) is 45.6 Å². The molecule has 2 atom stereocenters. The monoisotopic (exact) mass is 522 g/mol. The third-order valence-electron chi connectivity index (χ3n) is 7.04. The van der Waals surface area contributed by atoms with E-state index in [1.807, 2.05) is 0 Å². The van der Waals surface area contributed by atoms with E-state index in [1.54, 1.807) is 38.1 Å². The Morgan fingerprint density at radius 1 is 1.13 bits per heavy atom. The molecule has 3 N–H and O–H groups in total. The maximum Gasteiger partial charge on any atom is 0.340 e. The Kier molecular flexibility index (Phi) is 7.70. The molecular formula is C28H30N2O8. The molecule has 0 saturated carbocycles. The lowest BCUT2D eigenvalue weighted by atomic mass is 10.00. The summed E-state index contributed by atoms with van der Waals surface area (Å²) in [5.41, 5.74) is 1.81. The van der Waals surface area contributed by atoms with Crippen LogP contribution < -0.4 is 15.7 Å². The highest BCUT2D eigenvalue weighted by Gasteiger charge is 2.37. The number of fused-ring (bicyclic) bond motifs is 1. The zero-order chi connectivity index (χ0) is 27.6. The van der Waals surface area contributed by atoms with Crippen LogP contribution in [0.2, 0.25) is 0 Å². The van der Waals surface area contributed by atoms with Crippen LogP contribution in [0.1, 0.15) is 35.1 Å². The summed E-state index contributed by atoms with van der Waals surface area (Å²) in [7, 11) is 1.52. The van der Waals surface area contributed by atoms with E-state index >= 15 is 0 Å². The first kappa shape index (κ1) is 26.7. The molecule has 38 heavy (non-hydrogen) atoms. The van der Waals surface area contributed by atoms with E-state index in [2.05, 4.69) is 5.32 Å². The minimum atomic E-state index is -1.10. The first-order valence-corrected chi connectivity index (χ1v) is 12.3. The number of aliphatic carboxylic acids is 1. The van der Waals surface area contributed by atoms with Gasteiger partial charge in [-0.25, -0.2) is 9.59 Å². The Morgan fingerprint density at radius 3 is 2.50 bits per heavy atom.